The maximum Gasteiger partial charge on any atom is 0.227 e. The lowest BCUT2D eigenvalue weighted by atomic mass is 9.75. The van der Waals surface area contributed by atoms with Crippen LogP contribution in [-0.2, 0) is 20.7 Å². The Morgan fingerprint density at radius 1 is 1.26 bits per heavy atom. The van der Waals surface area contributed by atoms with Gasteiger partial charge in [0.2, 0.25) is 5.91 Å². The zero-order valence-electron chi connectivity index (χ0n) is 24.7. The van der Waals surface area contributed by atoms with E-state index in [1.807, 2.05) is 39.1 Å². The third-order valence-electron chi connectivity index (χ3n) is 9.10. The van der Waals surface area contributed by atoms with Crippen molar-refractivity contribution in [2.24, 2.45) is 23.7 Å². The highest BCUT2D eigenvalue weighted by molar-refractivity contribution is 6.34. The number of hydrogen-bond acceptors (Lipinski definition) is 5. The molecule has 1 aromatic carbocycles. The lowest BCUT2D eigenvalue weighted by Gasteiger charge is -2.44. The monoisotopic (exact) mass is 556 g/mol. The standard InChI is InChI=1S/C32H45ClN2O4/c1-18(2)25-16-28(36)35(9)26-15-24(14-20(4)29(26)33)13-19(3)11-10-12-21(5)32(37)17-27(38-23(7)34-32)22(6)30-31(25,8)39-30/h10-12,14-15,18,21-22,25,27,30,34,37H,7,13,16-17H2,1-6,8-9H3/b12-10+,19-11+. The van der Waals surface area contributed by atoms with Crippen molar-refractivity contribution in [1.29, 1.82) is 0 Å². The number of nitrogens with zero attached hydrogens (tertiary/aromatic N) is 1. The molecule has 3 aliphatic heterocycles. The highest BCUT2D eigenvalue weighted by atomic mass is 35.5. The molecule has 3 heterocycles. The minimum atomic E-state index is -1.20. The molecule has 2 fully saturated rings. The predicted octanol–water partition coefficient (Wildman–Crippen LogP) is 6.30. The van der Waals surface area contributed by atoms with E-state index in [2.05, 4.69) is 58.7 Å². The fourth-order valence-corrected chi connectivity index (χ4v) is 6.70. The molecule has 0 radical (unpaired) electrons. The molecule has 0 aliphatic carbocycles. The number of ether oxygens (including phenoxy) is 2. The highest BCUT2D eigenvalue weighted by Crippen LogP contribution is 2.53. The number of carbonyl (C=O) groups excluding carboxylic acids is 1. The van der Waals surface area contributed by atoms with Crippen LogP contribution in [0, 0.1) is 30.6 Å². The SMILES string of the molecule is C=C1NC2(O)CC(O1)C(C)C1OC1(C)C(C(C)C)CC(=O)N(C)c1cc(cc(C)c1Cl)C/C(C)=C/C=C/C2C. The van der Waals surface area contributed by atoms with E-state index in [1.54, 1.807) is 4.90 Å². The van der Waals surface area contributed by atoms with Crippen molar-refractivity contribution in [3.63, 3.8) is 0 Å². The molecular formula is C32H45ClN2O4. The molecule has 6 nitrogen and oxygen atoms in total. The zero-order valence-corrected chi connectivity index (χ0v) is 25.4. The Labute approximate surface area is 239 Å². The van der Waals surface area contributed by atoms with Gasteiger partial charge in [0.15, 0.2) is 5.88 Å². The molecule has 0 spiro atoms. The molecule has 1 aromatic rings. The van der Waals surface area contributed by atoms with Crippen LogP contribution >= 0.6 is 11.6 Å². The summed E-state index contributed by atoms with van der Waals surface area (Å²) in [6, 6.07) is 4.10. The molecular weight excluding hydrogens is 512 g/mol. The summed E-state index contributed by atoms with van der Waals surface area (Å²) in [5.41, 5.74) is 2.25. The van der Waals surface area contributed by atoms with Crippen LogP contribution in [-0.4, -0.2) is 41.6 Å². The van der Waals surface area contributed by atoms with Gasteiger partial charge in [0.25, 0.3) is 0 Å². The van der Waals surface area contributed by atoms with Gasteiger partial charge in [-0.2, -0.15) is 0 Å². The molecule has 3 aliphatic rings. The molecule has 0 aromatic heterocycles. The van der Waals surface area contributed by atoms with Gasteiger partial charge in [-0.1, -0.05) is 69.2 Å². The number of allylic oxidation sites excluding steroid dienone is 3. The molecule has 0 saturated carbocycles. The van der Waals surface area contributed by atoms with Crippen molar-refractivity contribution in [3.05, 3.63) is 64.5 Å². The lowest BCUT2D eigenvalue weighted by molar-refractivity contribution is -0.127. The number of hydrogen-bond donors (Lipinski definition) is 2. The topological polar surface area (TPSA) is 74.3 Å². The minimum absolute atomic E-state index is 0.000809. The number of epoxide rings is 1. The molecule has 4 rings (SSSR count). The number of rotatable bonds is 1. The third-order valence-corrected chi connectivity index (χ3v) is 9.59. The molecule has 4 bridgehead atoms. The predicted molar refractivity (Wildman–Crippen MR) is 157 cm³/mol. The second-order valence-corrected chi connectivity index (χ2v) is 12.9. The first-order valence-corrected chi connectivity index (χ1v) is 14.5. The zero-order chi connectivity index (χ0) is 28.9. The number of nitrogens with one attached hydrogen (secondary N) is 1. The summed E-state index contributed by atoms with van der Waals surface area (Å²) in [5, 5.41) is 15.3. The Hall–Kier alpha value is -2.28. The van der Waals surface area contributed by atoms with E-state index in [0.717, 1.165) is 28.8 Å². The summed E-state index contributed by atoms with van der Waals surface area (Å²) in [6.07, 6.45) is 7.17. The summed E-state index contributed by atoms with van der Waals surface area (Å²) in [4.78, 5) is 15.4. The van der Waals surface area contributed by atoms with Gasteiger partial charge in [-0.05, 0) is 56.9 Å². The van der Waals surface area contributed by atoms with E-state index in [4.69, 9.17) is 21.1 Å². The van der Waals surface area contributed by atoms with Crippen LogP contribution in [0.2, 0.25) is 5.02 Å². The van der Waals surface area contributed by atoms with E-state index in [9.17, 15) is 9.90 Å². The second kappa shape index (κ2) is 10.9. The molecule has 7 atom stereocenters. The molecule has 2 saturated heterocycles. The van der Waals surface area contributed by atoms with Gasteiger partial charge >= 0.3 is 0 Å². The normalized spacial score (nSPS) is 37.9. The summed E-state index contributed by atoms with van der Waals surface area (Å²) in [7, 11) is 1.81. The summed E-state index contributed by atoms with van der Waals surface area (Å²) >= 11 is 6.73. The number of carbonyl (C=O) groups is 1. The molecule has 7 heteroatoms. The number of benzene rings is 1. The van der Waals surface area contributed by atoms with Gasteiger partial charge in [-0.15, -0.1) is 0 Å². The van der Waals surface area contributed by atoms with E-state index < -0.39 is 11.3 Å². The average Bonchev–Trinajstić information content (AvgIpc) is 3.54. The maximum atomic E-state index is 13.7. The quantitative estimate of drug-likeness (QED) is 0.397. The van der Waals surface area contributed by atoms with Crippen molar-refractivity contribution >= 4 is 23.2 Å². The third kappa shape index (κ3) is 5.94. The first-order valence-electron chi connectivity index (χ1n) is 14.1. The molecule has 1 amide bonds. The lowest BCUT2D eigenvalue weighted by Crippen LogP contribution is -2.57. The Morgan fingerprint density at radius 2 is 1.95 bits per heavy atom. The molecule has 39 heavy (non-hydrogen) atoms. The summed E-state index contributed by atoms with van der Waals surface area (Å²) in [5.74, 6) is 0.401. The van der Waals surface area contributed by atoms with Crippen LogP contribution in [0.3, 0.4) is 0 Å². The Balaban J connectivity index is 1.75. The molecule has 7 unspecified atom stereocenters. The number of aliphatic hydroxyl groups is 1. The van der Waals surface area contributed by atoms with E-state index in [0.29, 0.717) is 23.7 Å². The van der Waals surface area contributed by atoms with Crippen molar-refractivity contribution in [3.8, 4) is 0 Å². The molecule has 2 N–H and O–H groups in total. The smallest absolute Gasteiger partial charge is 0.227 e. The van der Waals surface area contributed by atoms with Crippen molar-refractivity contribution in [2.75, 3.05) is 11.9 Å². The van der Waals surface area contributed by atoms with Crippen LogP contribution in [0.1, 0.15) is 65.5 Å². The van der Waals surface area contributed by atoms with Crippen molar-refractivity contribution < 1.29 is 19.4 Å². The fourth-order valence-electron chi connectivity index (χ4n) is 6.46. The van der Waals surface area contributed by atoms with Crippen LogP contribution in [0.5, 0.6) is 0 Å². The first kappa shape index (κ1) is 29.7. The summed E-state index contributed by atoms with van der Waals surface area (Å²) in [6.45, 7) is 18.6. The van der Waals surface area contributed by atoms with Gasteiger partial charge in [-0.3, -0.25) is 4.79 Å². The molecule has 214 valence electrons. The van der Waals surface area contributed by atoms with E-state index in [1.165, 1.54) is 0 Å². The first-order chi connectivity index (χ1) is 18.2. The fraction of sp³-hybridized carbons (Fsp3) is 0.594. The van der Waals surface area contributed by atoms with Gasteiger partial charge in [0.05, 0.1) is 22.4 Å². The number of aryl methyl sites for hydroxylation is 1. The van der Waals surface area contributed by atoms with Crippen molar-refractivity contribution in [1.82, 2.24) is 5.32 Å². The Bertz CT molecular complexity index is 1190. The van der Waals surface area contributed by atoms with Crippen LogP contribution in [0.15, 0.2) is 48.4 Å². The van der Waals surface area contributed by atoms with Gasteiger partial charge in [0.1, 0.15) is 11.8 Å². The summed E-state index contributed by atoms with van der Waals surface area (Å²) < 4.78 is 12.5. The van der Waals surface area contributed by atoms with Gasteiger partial charge in [0, 0.05) is 37.6 Å². The van der Waals surface area contributed by atoms with Crippen molar-refractivity contribution in [2.45, 2.75) is 91.3 Å². The number of amides is 1. The number of halogens is 1. The van der Waals surface area contributed by atoms with Gasteiger partial charge in [-0.25, -0.2) is 0 Å². The highest BCUT2D eigenvalue weighted by Gasteiger charge is 2.62. The van der Waals surface area contributed by atoms with Crippen LogP contribution < -0.4 is 10.2 Å². The largest absolute Gasteiger partial charge is 0.476 e. The number of anilines is 1. The van der Waals surface area contributed by atoms with E-state index >= 15 is 0 Å². The van der Waals surface area contributed by atoms with E-state index in [-0.39, 0.29) is 41.8 Å². The minimum Gasteiger partial charge on any atom is -0.476 e. The Kier molecular flexibility index (Phi) is 8.33. The van der Waals surface area contributed by atoms with Crippen LogP contribution in [0.25, 0.3) is 0 Å². The van der Waals surface area contributed by atoms with Gasteiger partial charge < -0.3 is 24.8 Å². The Morgan fingerprint density at radius 3 is 2.62 bits per heavy atom. The maximum absolute atomic E-state index is 13.7. The number of fused-ring (bicyclic) bond motifs is 5. The second-order valence-electron chi connectivity index (χ2n) is 12.5. The van der Waals surface area contributed by atoms with Crippen LogP contribution in [0.4, 0.5) is 5.69 Å². The average molecular weight is 557 g/mol.